The van der Waals surface area contributed by atoms with E-state index in [1.165, 1.54) is 6.20 Å². The highest BCUT2D eigenvalue weighted by Gasteiger charge is 2.08. The molecule has 14 heavy (non-hydrogen) atoms. The summed E-state index contributed by atoms with van der Waals surface area (Å²) in [7, 11) is 0. The number of amides is 1. The predicted molar refractivity (Wildman–Crippen MR) is 50.0 cm³/mol. The summed E-state index contributed by atoms with van der Waals surface area (Å²) in [5.74, 6) is -0.356. The van der Waals surface area contributed by atoms with Crippen LogP contribution in [0.2, 0.25) is 0 Å². The van der Waals surface area contributed by atoms with Crippen LogP contribution in [-0.4, -0.2) is 29.2 Å². The smallest absolute Gasteiger partial charge is 0.254 e. The minimum atomic E-state index is -0.572. The molecule has 1 heterocycles. The molecule has 1 aromatic heterocycles. The van der Waals surface area contributed by atoms with Crippen molar-refractivity contribution in [1.29, 1.82) is 0 Å². The van der Waals surface area contributed by atoms with E-state index in [0.717, 1.165) is 0 Å². The number of ether oxygens (including phenoxy) is 1. The van der Waals surface area contributed by atoms with Crippen molar-refractivity contribution in [3.05, 3.63) is 23.9 Å². The van der Waals surface area contributed by atoms with Gasteiger partial charge in [-0.15, -0.1) is 0 Å². The topological polar surface area (TPSA) is 85.4 Å². The number of carbonyl (C=O) groups excluding carboxylic acids is 1. The Labute approximate surface area is 81.5 Å². The van der Waals surface area contributed by atoms with Crippen LogP contribution >= 0.6 is 0 Å². The summed E-state index contributed by atoms with van der Waals surface area (Å²) >= 11 is 0. The van der Waals surface area contributed by atoms with Crippen LogP contribution in [-0.2, 0) is 0 Å². The number of aromatic nitrogens is 1. The van der Waals surface area contributed by atoms with Crippen molar-refractivity contribution in [1.82, 2.24) is 4.98 Å². The molecule has 0 saturated carbocycles. The summed E-state index contributed by atoms with van der Waals surface area (Å²) in [5, 5.41) is 8.53. The first kappa shape index (κ1) is 10.5. The Morgan fingerprint density at radius 1 is 1.64 bits per heavy atom. The summed E-state index contributed by atoms with van der Waals surface area (Å²) in [6.07, 6.45) is 2.01. The van der Waals surface area contributed by atoms with E-state index in [1.807, 2.05) is 0 Å². The second-order valence-electron chi connectivity index (χ2n) is 2.65. The van der Waals surface area contributed by atoms with E-state index < -0.39 is 5.91 Å². The molecule has 0 saturated heterocycles. The summed E-state index contributed by atoms with van der Waals surface area (Å²) in [4.78, 5) is 14.8. The zero-order chi connectivity index (χ0) is 10.4. The maximum absolute atomic E-state index is 10.9. The number of hydrogen-bond donors (Lipinski definition) is 2. The molecule has 0 fully saturated rings. The number of primary amides is 1. The Bertz CT molecular complexity index is 315. The van der Waals surface area contributed by atoms with Gasteiger partial charge >= 0.3 is 0 Å². The van der Waals surface area contributed by atoms with Gasteiger partial charge in [0.05, 0.1) is 6.61 Å². The van der Waals surface area contributed by atoms with Crippen LogP contribution in [0.3, 0.4) is 0 Å². The molecule has 0 aliphatic heterocycles. The van der Waals surface area contributed by atoms with Gasteiger partial charge in [0.25, 0.3) is 5.91 Å². The number of nitrogens with two attached hydrogens (primary N) is 1. The van der Waals surface area contributed by atoms with Gasteiger partial charge < -0.3 is 15.6 Å². The number of rotatable bonds is 5. The molecule has 1 rings (SSSR count). The standard InChI is InChI=1S/C9H12N2O3/c10-8(13)7-3-1-4-11-9(7)14-6-2-5-12/h1,3-4,12H,2,5-6H2,(H2,10,13). The highest BCUT2D eigenvalue weighted by atomic mass is 16.5. The Balaban J connectivity index is 2.69. The van der Waals surface area contributed by atoms with E-state index in [9.17, 15) is 4.79 Å². The molecule has 76 valence electrons. The molecule has 0 spiro atoms. The molecule has 0 aliphatic carbocycles. The third-order valence-corrected chi connectivity index (χ3v) is 1.58. The largest absolute Gasteiger partial charge is 0.477 e. The Hall–Kier alpha value is -1.62. The molecule has 5 nitrogen and oxygen atoms in total. The predicted octanol–water partition coefficient (Wildman–Crippen LogP) is -0.0583. The van der Waals surface area contributed by atoms with Crippen molar-refractivity contribution < 1.29 is 14.6 Å². The number of pyridine rings is 1. The average Bonchev–Trinajstić information content (AvgIpc) is 2.19. The highest BCUT2D eigenvalue weighted by Crippen LogP contribution is 2.13. The SMILES string of the molecule is NC(=O)c1cccnc1OCCCO. The highest BCUT2D eigenvalue weighted by molar-refractivity contribution is 5.94. The van der Waals surface area contributed by atoms with Gasteiger partial charge in [-0.1, -0.05) is 0 Å². The maximum atomic E-state index is 10.9. The fourth-order valence-corrected chi connectivity index (χ4v) is 0.927. The summed E-state index contributed by atoms with van der Waals surface area (Å²) in [6.45, 7) is 0.354. The Morgan fingerprint density at radius 3 is 3.07 bits per heavy atom. The number of nitrogens with zero attached hydrogens (tertiary/aromatic N) is 1. The molecule has 5 heteroatoms. The van der Waals surface area contributed by atoms with E-state index in [1.54, 1.807) is 12.1 Å². The van der Waals surface area contributed by atoms with Gasteiger partial charge in [0.1, 0.15) is 5.56 Å². The van der Waals surface area contributed by atoms with Crippen LogP contribution in [0.5, 0.6) is 5.88 Å². The fourth-order valence-electron chi connectivity index (χ4n) is 0.927. The minimum absolute atomic E-state index is 0.0404. The Morgan fingerprint density at radius 2 is 2.43 bits per heavy atom. The van der Waals surface area contributed by atoms with Crippen molar-refractivity contribution in [3.63, 3.8) is 0 Å². The molecule has 0 unspecified atom stereocenters. The van der Waals surface area contributed by atoms with E-state index in [4.69, 9.17) is 15.6 Å². The van der Waals surface area contributed by atoms with Crippen LogP contribution in [0.15, 0.2) is 18.3 Å². The van der Waals surface area contributed by atoms with Crippen LogP contribution in [0, 0.1) is 0 Å². The lowest BCUT2D eigenvalue weighted by Gasteiger charge is -2.06. The lowest BCUT2D eigenvalue weighted by atomic mass is 10.2. The van der Waals surface area contributed by atoms with Gasteiger partial charge in [0, 0.05) is 19.2 Å². The first-order valence-corrected chi connectivity index (χ1v) is 4.24. The average molecular weight is 196 g/mol. The molecular weight excluding hydrogens is 184 g/mol. The van der Waals surface area contributed by atoms with E-state index >= 15 is 0 Å². The lowest BCUT2D eigenvalue weighted by Crippen LogP contribution is -2.14. The van der Waals surface area contributed by atoms with Gasteiger partial charge in [-0.05, 0) is 12.1 Å². The quantitative estimate of drug-likeness (QED) is 0.646. The number of carbonyl (C=O) groups is 1. The van der Waals surface area contributed by atoms with Gasteiger partial charge in [-0.2, -0.15) is 0 Å². The van der Waals surface area contributed by atoms with Gasteiger partial charge in [0.2, 0.25) is 5.88 Å². The van der Waals surface area contributed by atoms with Crippen LogP contribution < -0.4 is 10.5 Å². The molecule has 0 radical (unpaired) electrons. The Kier molecular flexibility index (Phi) is 3.87. The van der Waals surface area contributed by atoms with Crippen molar-refractivity contribution >= 4 is 5.91 Å². The summed E-state index contributed by atoms with van der Waals surface area (Å²) in [6, 6.07) is 3.16. The zero-order valence-corrected chi connectivity index (χ0v) is 7.64. The van der Waals surface area contributed by atoms with Crippen LogP contribution in [0.1, 0.15) is 16.8 Å². The fraction of sp³-hybridized carbons (Fsp3) is 0.333. The maximum Gasteiger partial charge on any atom is 0.254 e. The van der Waals surface area contributed by atoms with Gasteiger partial charge in [0.15, 0.2) is 0 Å². The number of aliphatic hydroxyl groups excluding tert-OH is 1. The van der Waals surface area contributed by atoms with Crippen molar-refractivity contribution in [2.24, 2.45) is 5.73 Å². The molecule has 0 atom stereocenters. The second kappa shape index (κ2) is 5.18. The van der Waals surface area contributed by atoms with Crippen LogP contribution in [0.4, 0.5) is 0 Å². The van der Waals surface area contributed by atoms with Gasteiger partial charge in [-0.25, -0.2) is 4.98 Å². The van der Waals surface area contributed by atoms with E-state index in [2.05, 4.69) is 4.98 Å². The van der Waals surface area contributed by atoms with Crippen molar-refractivity contribution in [2.45, 2.75) is 6.42 Å². The van der Waals surface area contributed by atoms with Gasteiger partial charge in [-0.3, -0.25) is 4.79 Å². The normalized spacial score (nSPS) is 9.79. The summed E-state index contributed by atoms with van der Waals surface area (Å²) < 4.78 is 5.17. The zero-order valence-electron chi connectivity index (χ0n) is 7.64. The van der Waals surface area contributed by atoms with E-state index in [0.29, 0.717) is 13.0 Å². The first-order valence-electron chi connectivity index (χ1n) is 4.24. The van der Waals surface area contributed by atoms with Crippen LogP contribution in [0.25, 0.3) is 0 Å². The molecule has 1 aromatic rings. The molecule has 1 amide bonds. The molecular formula is C9H12N2O3. The number of hydrogen-bond acceptors (Lipinski definition) is 4. The molecule has 0 bridgehead atoms. The number of aliphatic hydroxyl groups is 1. The van der Waals surface area contributed by atoms with Crippen molar-refractivity contribution in [2.75, 3.05) is 13.2 Å². The monoisotopic (exact) mass is 196 g/mol. The molecule has 3 N–H and O–H groups in total. The minimum Gasteiger partial charge on any atom is -0.477 e. The molecule has 0 aromatic carbocycles. The van der Waals surface area contributed by atoms with E-state index in [-0.39, 0.29) is 18.1 Å². The summed E-state index contributed by atoms with van der Waals surface area (Å²) in [5.41, 5.74) is 5.37. The first-order chi connectivity index (χ1) is 6.75. The van der Waals surface area contributed by atoms with Crippen molar-refractivity contribution in [3.8, 4) is 5.88 Å². The molecule has 0 aliphatic rings. The third-order valence-electron chi connectivity index (χ3n) is 1.58. The second-order valence-corrected chi connectivity index (χ2v) is 2.65. The lowest BCUT2D eigenvalue weighted by molar-refractivity contribution is 0.0995. The third kappa shape index (κ3) is 2.70.